The summed E-state index contributed by atoms with van der Waals surface area (Å²) < 4.78 is 41.9. The van der Waals surface area contributed by atoms with Gasteiger partial charge in [-0.05, 0) is 38.5 Å². The van der Waals surface area contributed by atoms with Crippen molar-refractivity contribution in [2.75, 3.05) is 6.61 Å². The predicted octanol–water partition coefficient (Wildman–Crippen LogP) is 4.07. The van der Waals surface area contributed by atoms with Gasteiger partial charge in [-0.25, -0.2) is 0 Å². The molecule has 2 nitrogen and oxygen atoms in total. The van der Waals surface area contributed by atoms with Crippen LogP contribution in [0.1, 0.15) is 58.3 Å². The van der Waals surface area contributed by atoms with Crippen molar-refractivity contribution < 1.29 is 23.0 Å². The molecule has 1 saturated carbocycles. The molecule has 2 atom stereocenters. The first-order valence-electron chi connectivity index (χ1n) is 7.30. The van der Waals surface area contributed by atoms with Crippen molar-refractivity contribution in [3.63, 3.8) is 0 Å². The van der Waals surface area contributed by atoms with Crippen LogP contribution < -0.4 is 0 Å². The second kappa shape index (κ2) is 8.10. The van der Waals surface area contributed by atoms with E-state index in [-0.39, 0.29) is 18.9 Å². The van der Waals surface area contributed by atoms with E-state index in [4.69, 9.17) is 4.74 Å². The number of aliphatic hydroxyl groups excluding tert-OH is 1. The van der Waals surface area contributed by atoms with Gasteiger partial charge in [-0.2, -0.15) is 13.2 Å². The molecule has 0 aromatic heterocycles. The van der Waals surface area contributed by atoms with Gasteiger partial charge in [0.15, 0.2) is 0 Å². The van der Waals surface area contributed by atoms with Crippen molar-refractivity contribution in [3.05, 3.63) is 0 Å². The normalized spacial score (nSPS) is 21.3. The average molecular weight is 282 g/mol. The SMILES string of the molecule is CCOC(C(O)CCCC(F)(F)F)C1CCCCC1. The van der Waals surface area contributed by atoms with Crippen LogP contribution in [0.3, 0.4) is 0 Å². The third-order valence-corrected chi connectivity index (χ3v) is 3.81. The third-order valence-electron chi connectivity index (χ3n) is 3.81. The molecule has 0 aromatic carbocycles. The summed E-state index contributed by atoms with van der Waals surface area (Å²) in [6.45, 7) is 2.36. The summed E-state index contributed by atoms with van der Waals surface area (Å²) in [7, 11) is 0. The van der Waals surface area contributed by atoms with E-state index in [1.807, 2.05) is 6.92 Å². The van der Waals surface area contributed by atoms with E-state index in [9.17, 15) is 18.3 Å². The molecule has 1 rings (SSSR count). The van der Waals surface area contributed by atoms with Crippen LogP contribution in [0.4, 0.5) is 13.2 Å². The molecule has 1 fully saturated rings. The lowest BCUT2D eigenvalue weighted by atomic mass is 9.82. The van der Waals surface area contributed by atoms with Crippen molar-refractivity contribution in [1.82, 2.24) is 0 Å². The Kier molecular flexibility index (Phi) is 7.15. The Morgan fingerprint density at radius 3 is 2.37 bits per heavy atom. The first-order valence-corrected chi connectivity index (χ1v) is 7.30. The Morgan fingerprint density at radius 1 is 1.21 bits per heavy atom. The molecule has 114 valence electrons. The maximum Gasteiger partial charge on any atom is 0.389 e. The van der Waals surface area contributed by atoms with Crippen LogP contribution in [0.15, 0.2) is 0 Å². The highest BCUT2D eigenvalue weighted by atomic mass is 19.4. The topological polar surface area (TPSA) is 29.5 Å². The summed E-state index contributed by atoms with van der Waals surface area (Å²) in [5, 5.41) is 10.1. The van der Waals surface area contributed by atoms with Gasteiger partial charge >= 0.3 is 6.18 Å². The lowest BCUT2D eigenvalue weighted by molar-refractivity contribution is -0.138. The van der Waals surface area contributed by atoms with Crippen molar-refractivity contribution in [2.24, 2.45) is 5.92 Å². The van der Waals surface area contributed by atoms with Crippen LogP contribution in [-0.4, -0.2) is 30.1 Å². The minimum absolute atomic E-state index is 0.0268. The number of alkyl halides is 3. The van der Waals surface area contributed by atoms with Crippen LogP contribution in [0.25, 0.3) is 0 Å². The maximum absolute atomic E-state index is 12.1. The number of aliphatic hydroxyl groups is 1. The van der Waals surface area contributed by atoms with Gasteiger partial charge in [-0.3, -0.25) is 0 Å². The van der Waals surface area contributed by atoms with Gasteiger partial charge in [0.05, 0.1) is 12.2 Å². The van der Waals surface area contributed by atoms with Crippen LogP contribution in [0.2, 0.25) is 0 Å². The molecule has 5 heteroatoms. The van der Waals surface area contributed by atoms with Gasteiger partial charge in [-0.15, -0.1) is 0 Å². The number of halogens is 3. The van der Waals surface area contributed by atoms with E-state index in [1.165, 1.54) is 6.42 Å². The summed E-state index contributed by atoms with van der Waals surface area (Å²) >= 11 is 0. The lowest BCUT2D eigenvalue weighted by Crippen LogP contribution is -2.37. The van der Waals surface area contributed by atoms with E-state index >= 15 is 0 Å². The van der Waals surface area contributed by atoms with Gasteiger partial charge < -0.3 is 9.84 Å². The predicted molar refractivity (Wildman–Crippen MR) is 67.9 cm³/mol. The molecule has 1 aliphatic carbocycles. The molecule has 1 aliphatic rings. The molecule has 2 unspecified atom stereocenters. The molecule has 0 amide bonds. The van der Waals surface area contributed by atoms with Crippen molar-refractivity contribution >= 4 is 0 Å². The number of ether oxygens (including phenoxy) is 1. The first kappa shape index (κ1) is 16.8. The Hall–Kier alpha value is -0.290. The molecule has 0 aliphatic heterocycles. The fraction of sp³-hybridized carbons (Fsp3) is 1.00. The van der Waals surface area contributed by atoms with Crippen molar-refractivity contribution in [2.45, 2.75) is 76.7 Å². The minimum Gasteiger partial charge on any atom is -0.390 e. The smallest absolute Gasteiger partial charge is 0.389 e. The maximum atomic E-state index is 12.1. The average Bonchev–Trinajstić information content (AvgIpc) is 2.35. The third kappa shape index (κ3) is 6.61. The minimum atomic E-state index is -4.13. The molecule has 1 N–H and O–H groups in total. The zero-order chi connectivity index (χ0) is 14.3. The summed E-state index contributed by atoms with van der Waals surface area (Å²) in [5.74, 6) is 0.301. The largest absolute Gasteiger partial charge is 0.390 e. The highest BCUT2D eigenvalue weighted by Crippen LogP contribution is 2.31. The summed E-state index contributed by atoms with van der Waals surface area (Å²) in [4.78, 5) is 0. The fourth-order valence-electron chi connectivity index (χ4n) is 2.89. The zero-order valence-electron chi connectivity index (χ0n) is 11.6. The van der Waals surface area contributed by atoms with Gasteiger partial charge in [0.25, 0.3) is 0 Å². The fourth-order valence-corrected chi connectivity index (χ4v) is 2.89. The van der Waals surface area contributed by atoms with E-state index in [0.29, 0.717) is 12.5 Å². The molecule has 0 bridgehead atoms. The molecular weight excluding hydrogens is 257 g/mol. The molecular formula is C14H25F3O2. The van der Waals surface area contributed by atoms with E-state index in [2.05, 4.69) is 0 Å². The molecule has 0 heterocycles. The molecule has 0 spiro atoms. The Bertz CT molecular complexity index is 237. The van der Waals surface area contributed by atoms with Gasteiger partial charge in [0.1, 0.15) is 0 Å². The number of hydrogen-bond acceptors (Lipinski definition) is 2. The van der Waals surface area contributed by atoms with Crippen LogP contribution >= 0.6 is 0 Å². The van der Waals surface area contributed by atoms with Gasteiger partial charge in [-0.1, -0.05) is 19.3 Å². The summed E-state index contributed by atoms with van der Waals surface area (Å²) in [6.07, 6.45) is -0.390. The number of hydrogen-bond donors (Lipinski definition) is 1. The Labute approximate surface area is 113 Å². The highest BCUT2D eigenvalue weighted by Gasteiger charge is 2.31. The van der Waals surface area contributed by atoms with Gasteiger partial charge in [0.2, 0.25) is 0 Å². The standard InChI is InChI=1S/C14H25F3O2/c1-2-19-13(11-7-4-3-5-8-11)12(18)9-6-10-14(15,16)17/h11-13,18H,2-10H2,1H3. The highest BCUT2D eigenvalue weighted by molar-refractivity contribution is 4.80. The summed E-state index contributed by atoms with van der Waals surface area (Å²) in [6, 6.07) is 0. The Morgan fingerprint density at radius 2 is 1.84 bits per heavy atom. The molecule has 19 heavy (non-hydrogen) atoms. The van der Waals surface area contributed by atoms with E-state index < -0.39 is 18.7 Å². The van der Waals surface area contributed by atoms with Crippen LogP contribution in [0, 0.1) is 5.92 Å². The van der Waals surface area contributed by atoms with Crippen LogP contribution in [0.5, 0.6) is 0 Å². The van der Waals surface area contributed by atoms with Crippen molar-refractivity contribution in [3.8, 4) is 0 Å². The molecule has 0 aromatic rings. The van der Waals surface area contributed by atoms with Crippen molar-refractivity contribution in [1.29, 1.82) is 0 Å². The number of rotatable bonds is 7. The van der Waals surface area contributed by atoms with Crippen LogP contribution in [-0.2, 0) is 4.74 Å². The van der Waals surface area contributed by atoms with E-state index in [0.717, 1.165) is 25.7 Å². The zero-order valence-corrected chi connectivity index (χ0v) is 11.6. The summed E-state index contributed by atoms with van der Waals surface area (Å²) in [5.41, 5.74) is 0. The van der Waals surface area contributed by atoms with Gasteiger partial charge in [0, 0.05) is 13.0 Å². The second-order valence-electron chi connectivity index (χ2n) is 5.39. The Balaban J connectivity index is 2.40. The second-order valence-corrected chi connectivity index (χ2v) is 5.39. The van der Waals surface area contributed by atoms with E-state index in [1.54, 1.807) is 0 Å². The molecule has 0 saturated heterocycles. The quantitative estimate of drug-likeness (QED) is 0.763. The molecule has 0 radical (unpaired) electrons. The monoisotopic (exact) mass is 282 g/mol. The first-order chi connectivity index (χ1) is 8.94. The lowest BCUT2D eigenvalue weighted by Gasteiger charge is -2.33.